The van der Waals surface area contributed by atoms with Gasteiger partial charge in [0.2, 0.25) is 0 Å². The van der Waals surface area contributed by atoms with Crippen LogP contribution in [0.3, 0.4) is 0 Å². The molecule has 0 rings (SSSR count). The van der Waals surface area contributed by atoms with Crippen LogP contribution < -0.4 is 0 Å². The van der Waals surface area contributed by atoms with Crippen molar-refractivity contribution in [1.82, 2.24) is 4.31 Å². The van der Waals surface area contributed by atoms with Gasteiger partial charge < -0.3 is 18.7 Å². The lowest BCUT2D eigenvalue weighted by Gasteiger charge is -2.35. The van der Waals surface area contributed by atoms with Crippen LogP contribution in [0.2, 0.25) is 0 Å². The first kappa shape index (κ1) is 32.3. The molecule has 0 aromatic carbocycles. The Balaban J connectivity index is 5.41. The Morgan fingerprint density at radius 2 is 1.33 bits per heavy atom. The van der Waals surface area contributed by atoms with E-state index in [1.54, 1.807) is 0 Å². The Morgan fingerprint density at radius 1 is 0.848 bits per heavy atom. The second kappa shape index (κ2) is 13.4. The fourth-order valence-electron chi connectivity index (χ4n) is 2.73. The molecule has 7 nitrogen and oxygen atoms in total. The first-order valence-electron chi connectivity index (χ1n) is 10.6. The molecule has 0 saturated carbocycles. The second-order valence-electron chi connectivity index (χ2n) is 7.93. The normalized spacial score (nSPS) is 14.3. The zero-order valence-corrected chi connectivity index (χ0v) is 20.7. The number of hydrogen-bond donors (Lipinski definition) is 0. The maximum absolute atomic E-state index is 14.3. The molecule has 0 amide bonds. The number of nitrogens with zero attached hydrogens (tertiary/aromatic N) is 2. The van der Waals surface area contributed by atoms with Crippen molar-refractivity contribution in [3.05, 3.63) is 0 Å². The number of halogens is 6. The van der Waals surface area contributed by atoms with E-state index in [1.807, 2.05) is 20.9 Å². The lowest BCUT2D eigenvalue weighted by atomic mass is 10.2. The highest BCUT2D eigenvalue weighted by molar-refractivity contribution is 7.90. The SMILES string of the molecule is CC[N+](C)(CC)CCCN(CCOCCOCCOC)S(=O)(=O)C(F)(F)C(F)(F)C(C)(F)F. The predicted octanol–water partition coefficient (Wildman–Crippen LogP) is 3.06. The third-order valence-electron chi connectivity index (χ3n) is 5.50. The first-order chi connectivity index (χ1) is 15.0. The number of alkyl halides is 6. The third kappa shape index (κ3) is 8.80. The summed E-state index contributed by atoms with van der Waals surface area (Å²) in [5, 5.41) is -6.02. The topological polar surface area (TPSA) is 65.1 Å². The van der Waals surface area contributed by atoms with Crippen LogP contribution >= 0.6 is 0 Å². The third-order valence-corrected chi connectivity index (χ3v) is 7.45. The van der Waals surface area contributed by atoms with Gasteiger partial charge in [-0.25, -0.2) is 8.42 Å². The van der Waals surface area contributed by atoms with E-state index in [0.717, 1.165) is 0 Å². The van der Waals surface area contributed by atoms with Crippen LogP contribution in [0.1, 0.15) is 27.2 Å². The number of quaternary nitrogens is 1. The van der Waals surface area contributed by atoms with Crippen molar-refractivity contribution in [3.8, 4) is 0 Å². The van der Waals surface area contributed by atoms with E-state index in [2.05, 4.69) is 0 Å². The maximum Gasteiger partial charge on any atom is 0.427 e. The summed E-state index contributed by atoms with van der Waals surface area (Å²) in [6, 6.07) is 0. The zero-order valence-electron chi connectivity index (χ0n) is 19.9. The molecule has 0 aliphatic heterocycles. The van der Waals surface area contributed by atoms with Gasteiger partial charge in [-0.15, -0.1) is 0 Å². The number of hydrogen-bond acceptors (Lipinski definition) is 5. The minimum Gasteiger partial charge on any atom is -0.382 e. The fraction of sp³-hybridized carbons (Fsp3) is 1.00. The molecule has 0 aromatic heterocycles. The molecule has 0 fully saturated rings. The number of sulfonamides is 1. The van der Waals surface area contributed by atoms with Crippen LogP contribution in [0.15, 0.2) is 0 Å². The Kier molecular flexibility index (Phi) is 13.2. The highest BCUT2D eigenvalue weighted by Gasteiger charge is 2.76. The Hall–Kier alpha value is -0.670. The van der Waals surface area contributed by atoms with Crippen LogP contribution in [-0.2, 0) is 24.2 Å². The number of methoxy groups -OCH3 is 1. The Labute approximate surface area is 192 Å². The average Bonchev–Trinajstić information content (AvgIpc) is 2.72. The van der Waals surface area contributed by atoms with Crippen molar-refractivity contribution in [2.45, 2.75) is 44.3 Å². The molecule has 0 aliphatic carbocycles. The van der Waals surface area contributed by atoms with Crippen molar-refractivity contribution in [3.63, 3.8) is 0 Å². The van der Waals surface area contributed by atoms with Gasteiger partial charge in [0.25, 0.3) is 10.0 Å². The van der Waals surface area contributed by atoms with Crippen LogP contribution in [0.5, 0.6) is 0 Å². The predicted molar refractivity (Wildman–Crippen MR) is 111 cm³/mol. The van der Waals surface area contributed by atoms with Crippen molar-refractivity contribution < 1.29 is 53.5 Å². The van der Waals surface area contributed by atoms with Crippen molar-refractivity contribution in [1.29, 1.82) is 0 Å². The minimum atomic E-state index is -6.14. The molecule has 0 aromatic rings. The highest BCUT2D eigenvalue weighted by atomic mass is 32.2. The molecule has 0 N–H and O–H groups in total. The van der Waals surface area contributed by atoms with Crippen LogP contribution in [-0.4, -0.2) is 114 Å². The molecule has 0 aliphatic rings. The molecule has 0 spiro atoms. The fourth-order valence-corrected chi connectivity index (χ4v) is 4.24. The van der Waals surface area contributed by atoms with Gasteiger partial charge in [-0.1, -0.05) is 0 Å². The maximum atomic E-state index is 14.3. The molecule has 200 valence electrons. The summed E-state index contributed by atoms with van der Waals surface area (Å²) >= 11 is 0. The standard InChI is InChI=1S/C19H37F6N2O5S/c1-6-27(4,7-2)11-8-9-26(10-12-31-15-16-32-14-13-30-5)33(28,29)19(24,25)18(22,23)17(3,20)21/h6-16H2,1-5H3/q+1. The summed E-state index contributed by atoms with van der Waals surface area (Å²) in [6.45, 7) is 4.08. The van der Waals surface area contributed by atoms with E-state index in [9.17, 15) is 34.8 Å². The van der Waals surface area contributed by atoms with Gasteiger partial charge in [0.05, 0.1) is 59.7 Å². The van der Waals surface area contributed by atoms with E-state index < -0.39 is 53.7 Å². The van der Waals surface area contributed by atoms with Crippen LogP contribution in [0.4, 0.5) is 26.3 Å². The van der Waals surface area contributed by atoms with Gasteiger partial charge >= 0.3 is 17.1 Å². The second-order valence-corrected chi connectivity index (χ2v) is 9.91. The lowest BCUT2D eigenvalue weighted by molar-refractivity contribution is -0.906. The van der Waals surface area contributed by atoms with Gasteiger partial charge in [-0.2, -0.15) is 30.6 Å². The molecule has 0 saturated heterocycles. The molecule has 0 heterocycles. The molecule has 14 heteroatoms. The van der Waals surface area contributed by atoms with Crippen molar-refractivity contribution in [2.24, 2.45) is 0 Å². The largest absolute Gasteiger partial charge is 0.427 e. The lowest BCUT2D eigenvalue weighted by Crippen LogP contribution is -2.60. The van der Waals surface area contributed by atoms with E-state index >= 15 is 0 Å². The van der Waals surface area contributed by atoms with Crippen molar-refractivity contribution in [2.75, 3.05) is 79.9 Å². The summed E-state index contributed by atoms with van der Waals surface area (Å²) in [5.41, 5.74) is 0. The smallest absolute Gasteiger partial charge is 0.382 e. The van der Waals surface area contributed by atoms with E-state index in [4.69, 9.17) is 14.2 Å². The molecular weight excluding hydrogens is 482 g/mol. The zero-order chi connectivity index (χ0) is 26.0. The Bertz CT molecular complexity index is 658. The summed E-state index contributed by atoms with van der Waals surface area (Å²) in [7, 11) is -2.80. The van der Waals surface area contributed by atoms with Crippen molar-refractivity contribution >= 4 is 10.0 Å². The molecular formula is C19H37F6N2O5S+. The van der Waals surface area contributed by atoms with Gasteiger partial charge in [0.1, 0.15) is 0 Å². The molecule has 33 heavy (non-hydrogen) atoms. The molecule has 0 unspecified atom stereocenters. The molecule has 0 atom stereocenters. The summed E-state index contributed by atoms with van der Waals surface area (Å²) in [5.74, 6) is -11.4. The highest BCUT2D eigenvalue weighted by Crippen LogP contribution is 2.49. The molecule has 0 radical (unpaired) electrons. The van der Waals surface area contributed by atoms with Gasteiger partial charge in [-0.05, 0) is 13.8 Å². The minimum absolute atomic E-state index is 0.0161. The first-order valence-corrected chi connectivity index (χ1v) is 12.1. The van der Waals surface area contributed by atoms with E-state index in [1.165, 1.54) is 7.11 Å². The monoisotopic (exact) mass is 519 g/mol. The number of rotatable bonds is 19. The van der Waals surface area contributed by atoms with E-state index in [-0.39, 0.29) is 30.5 Å². The van der Waals surface area contributed by atoms with Gasteiger partial charge in [0.15, 0.2) is 0 Å². The molecule has 0 bridgehead atoms. The number of ether oxygens (including phenoxy) is 3. The van der Waals surface area contributed by atoms with E-state index in [0.29, 0.717) is 30.7 Å². The quantitative estimate of drug-likeness (QED) is 0.149. The summed E-state index contributed by atoms with van der Waals surface area (Å²) in [4.78, 5) is 0. The average molecular weight is 520 g/mol. The Morgan fingerprint density at radius 3 is 1.79 bits per heavy atom. The summed E-state index contributed by atoms with van der Waals surface area (Å²) < 4.78 is 123. The van der Waals surface area contributed by atoms with Crippen LogP contribution in [0.25, 0.3) is 0 Å². The van der Waals surface area contributed by atoms with Crippen LogP contribution in [0, 0.1) is 0 Å². The summed E-state index contributed by atoms with van der Waals surface area (Å²) in [6.07, 6.45) is 0.0573. The van der Waals surface area contributed by atoms with Gasteiger partial charge in [0, 0.05) is 33.5 Å². The van der Waals surface area contributed by atoms with Gasteiger partial charge in [-0.3, -0.25) is 0 Å².